The van der Waals surface area contributed by atoms with Crippen molar-refractivity contribution in [3.63, 3.8) is 0 Å². The molecule has 0 bridgehead atoms. The van der Waals surface area contributed by atoms with E-state index in [1.165, 1.54) is 19.2 Å². The molecule has 0 saturated heterocycles. The normalized spacial score (nSPS) is 10.1. The van der Waals surface area contributed by atoms with Gasteiger partial charge in [-0.1, -0.05) is 0 Å². The Morgan fingerprint density at radius 3 is 2.73 bits per heavy atom. The summed E-state index contributed by atoms with van der Waals surface area (Å²) in [6, 6.07) is 2.76. The van der Waals surface area contributed by atoms with Crippen molar-refractivity contribution in [3.8, 4) is 5.75 Å². The summed E-state index contributed by atoms with van der Waals surface area (Å²) in [5, 5.41) is 2.70. The molecular weight excluding hydrogens is 197 g/mol. The highest BCUT2D eigenvalue weighted by molar-refractivity contribution is 5.99. The molecule has 1 aromatic rings. The number of halogens is 1. The summed E-state index contributed by atoms with van der Waals surface area (Å²) >= 11 is 0. The van der Waals surface area contributed by atoms with Crippen LogP contribution in [0.1, 0.15) is 15.9 Å². The van der Waals surface area contributed by atoms with Gasteiger partial charge in [0.2, 0.25) is 0 Å². The Kier molecular flexibility index (Phi) is 3.80. The van der Waals surface area contributed by atoms with Crippen LogP contribution in [0.2, 0.25) is 0 Å². The molecule has 0 amide bonds. The average Bonchev–Trinajstić information content (AvgIpc) is 2.18. The lowest BCUT2D eigenvalue weighted by atomic mass is 10.0. The lowest BCUT2D eigenvalue weighted by molar-refractivity contribution is 0.0988. The monoisotopic (exact) mass is 211 g/mol. The predicted molar refractivity (Wildman–Crippen MR) is 55.9 cm³/mol. The number of likely N-dealkylation sites (N-methyl/N-ethyl adjacent to an activating group) is 1. The van der Waals surface area contributed by atoms with E-state index in [0.29, 0.717) is 11.3 Å². The van der Waals surface area contributed by atoms with Crippen molar-refractivity contribution in [2.75, 3.05) is 20.7 Å². The van der Waals surface area contributed by atoms with E-state index in [-0.39, 0.29) is 17.9 Å². The van der Waals surface area contributed by atoms with Gasteiger partial charge in [0.25, 0.3) is 0 Å². The van der Waals surface area contributed by atoms with Crippen LogP contribution in [0.5, 0.6) is 5.75 Å². The number of ketones is 1. The summed E-state index contributed by atoms with van der Waals surface area (Å²) in [6.45, 7) is 1.79. The second-order valence-corrected chi connectivity index (χ2v) is 3.20. The van der Waals surface area contributed by atoms with E-state index < -0.39 is 5.82 Å². The van der Waals surface area contributed by atoms with Crippen LogP contribution in [0.25, 0.3) is 0 Å². The van der Waals surface area contributed by atoms with Crippen molar-refractivity contribution in [1.82, 2.24) is 5.32 Å². The highest BCUT2D eigenvalue weighted by Crippen LogP contribution is 2.23. The molecule has 0 heterocycles. The Labute approximate surface area is 88.2 Å². The number of carbonyl (C=O) groups excluding carboxylic acids is 1. The van der Waals surface area contributed by atoms with Gasteiger partial charge in [-0.05, 0) is 26.1 Å². The number of nitrogens with one attached hydrogen (secondary N) is 1. The molecule has 1 rings (SSSR count). The largest absolute Gasteiger partial charge is 0.496 e. The van der Waals surface area contributed by atoms with Crippen molar-refractivity contribution in [2.45, 2.75) is 6.92 Å². The lowest BCUT2D eigenvalue weighted by Gasteiger charge is -2.10. The van der Waals surface area contributed by atoms with Crippen molar-refractivity contribution in [1.29, 1.82) is 0 Å². The quantitative estimate of drug-likeness (QED) is 0.768. The van der Waals surface area contributed by atoms with Crippen LogP contribution in [-0.4, -0.2) is 26.5 Å². The standard InChI is InChI=1S/C11H14FNO2/c1-7-10(15-3)5-4-8(12)11(7)9(14)6-13-2/h4-5,13H,6H2,1-3H3. The fourth-order valence-electron chi connectivity index (χ4n) is 1.47. The molecule has 82 valence electrons. The third-order valence-electron chi connectivity index (χ3n) is 2.20. The van der Waals surface area contributed by atoms with Crippen LogP contribution in [0, 0.1) is 12.7 Å². The number of benzene rings is 1. The van der Waals surface area contributed by atoms with E-state index in [9.17, 15) is 9.18 Å². The fraction of sp³-hybridized carbons (Fsp3) is 0.364. The summed E-state index contributed by atoms with van der Waals surface area (Å²) < 4.78 is 18.5. The van der Waals surface area contributed by atoms with E-state index in [0.717, 1.165) is 0 Å². The zero-order valence-electron chi connectivity index (χ0n) is 9.06. The Hall–Kier alpha value is -1.42. The first kappa shape index (κ1) is 11.7. The fourth-order valence-corrected chi connectivity index (χ4v) is 1.47. The van der Waals surface area contributed by atoms with Crippen molar-refractivity contribution in [2.24, 2.45) is 0 Å². The molecule has 0 spiro atoms. The van der Waals surface area contributed by atoms with Gasteiger partial charge < -0.3 is 10.1 Å². The minimum Gasteiger partial charge on any atom is -0.496 e. The highest BCUT2D eigenvalue weighted by atomic mass is 19.1. The van der Waals surface area contributed by atoms with Gasteiger partial charge in [0.15, 0.2) is 5.78 Å². The Balaban J connectivity index is 3.20. The summed E-state index contributed by atoms with van der Waals surface area (Å²) in [6.07, 6.45) is 0. The van der Waals surface area contributed by atoms with Crippen LogP contribution in [-0.2, 0) is 0 Å². The van der Waals surface area contributed by atoms with E-state index >= 15 is 0 Å². The second-order valence-electron chi connectivity index (χ2n) is 3.20. The Morgan fingerprint density at radius 1 is 1.53 bits per heavy atom. The summed E-state index contributed by atoms with van der Waals surface area (Å²) in [5.74, 6) is -0.254. The van der Waals surface area contributed by atoms with Crippen molar-refractivity contribution < 1.29 is 13.9 Å². The second kappa shape index (κ2) is 4.89. The molecule has 0 fully saturated rings. The number of hydrogen-bond acceptors (Lipinski definition) is 3. The number of methoxy groups -OCH3 is 1. The molecule has 4 heteroatoms. The van der Waals surface area contributed by atoms with E-state index in [2.05, 4.69) is 5.32 Å². The molecule has 3 nitrogen and oxygen atoms in total. The van der Waals surface area contributed by atoms with E-state index in [1.807, 2.05) is 0 Å². The van der Waals surface area contributed by atoms with Gasteiger partial charge in [-0.15, -0.1) is 0 Å². The van der Waals surface area contributed by atoms with Gasteiger partial charge in [-0.25, -0.2) is 4.39 Å². The van der Waals surface area contributed by atoms with Crippen LogP contribution in [0.3, 0.4) is 0 Å². The predicted octanol–water partition coefficient (Wildman–Crippen LogP) is 1.54. The van der Waals surface area contributed by atoms with E-state index in [1.54, 1.807) is 14.0 Å². The molecule has 15 heavy (non-hydrogen) atoms. The van der Waals surface area contributed by atoms with Crippen LogP contribution < -0.4 is 10.1 Å². The first-order valence-electron chi connectivity index (χ1n) is 4.62. The Morgan fingerprint density at radius 2 is 2.20 bits per heavy atom. The molecule has 0 aliphatic rings. The maximum atomic E-state index is 13.4. The first-order chi connectivity index (χ1) is 7.11. The van der Waals surface area contributed by atoms with Crippen LogP contribution in [0.4, 0.5) is 4.39 Å². The maximum absolute atomic E-state index is 13.4. The van der Waals surface area contributed by atoms with Gasteiger partial charge in [0.05, 0.1) is 19.2 Å². The third kappa shape index (κ3) is 2.33. The molecule has 0 atom stereocenters. The van der Waals surface area contributed by atoms with Crippen LogP contribution >= 0.6 is 0 Å². The zero-order valence-corrected chi connectivity index (χ0v) is 9.06. The highest BCUT2D eigenvalue weighted by Gasteiger charge is 2.16. The summed E-state index contributed by atoms with van der Waals surface area (Å²) in [4.78, 5) is 11.6. The minimum absolute atomic E-state index is 0.101. The molecule has 1 N–H and O–H groups in total. The third-order valence-corrected chi connectivity index (χ3v) is 2.20. The van der Waals surface area contributed by atoms with Crippen LogP contribution in [0.15, 0.2) is 12.1 Å². The first-order valence-corrected chi connectivity index (χ1v) is 4.62. The number of hydrogen-bond donors (Lipinski definition) is 1. The summed E-state index contributed by atoms with van der Waals surface area (Å²) in [5.41, 5.74) is 0.640. The smallest absolute Gasteiger partial charge is 0.179 e. The Bertz CT molecular complexity index is 377. The molecule has 0 aromatic heterocycles. The van der Waals surface area contributed by atoms with Crippen molar-refractivity contribution >= 4 is 5.78 Å². The molecule has 0 radical (unpaired) electrons. The molecular formula is C11H14FNO2. The maximum Gasteiger partial charge on any atom is 0.179 e. The van der Waals surface area contributed by atoms with Gasteiger partial charge >= 0.3 is 0 Å². The molecule has 0 aliphatic heterocycles. The summed E-state index contributed by atoms with van der Waals surface area (Å²) in [7, 11) is 3.14. The average molecular weight is 211 g/mol. The SMILES string of the molecule is CNCC(=O)c1c(F)ccc(OC)c1C. The minimum atomic E-state index is -0.506. The van der Waals surface area contributed by atoms with Crippen molar-refractivity contribution in [3.05, 3.63) is 29.1 Å². The van der Waals surface area contributed by atoms with Gasteiger partial charge in [-0.2, -0.15) is 0 Å². The lowest BCUT2D eigenvalue weighted by Crippen LogP contribution is -2.20. The molecule has 0 unspecified atom stereocenters. The number of Topliss-reactive ketones (excluding diaryl/α,β-unsaturated/α-hetero) is 1. The molecule has 0 aliphatic carbocycles. The topological polar surface area (TPSA) is 38.3 Å². The number of rotatable bonds is 4. The molecule has 1 aromatic carbocycles. The zero-order chi connectivity index (χ0) is 11.4. The van der Waals surface area contributed by atoms with Gasteiger partial charge in [-0.3, -0.25) is 4.79 Å². The molecule has 0 saturated carbocycles. The van der Waals surface area contributed by atoms with Gasteiger partial charge in [0.1, 0.15) is 11.6 Å². The number of ether oxygens (including phenoxy) is 1. The van der Waals surface area contributed by atoms with Gasteiger partial charge in [0, 0.05) is 5.56 Å². The van der Waals surface area contributed by atoms with E-state index in [4.69, 9.17) is 4.74 Å². The number of carbonyl (C=O) groups is 1.